The van der Waals surface area contributed by atoms with Crippen LogP contribution >= 0.6 is 12.2 Å². The minimum Gasteiger partial charge on any atom is -0.389 e. The Labute approximate surface area is 108 Å². The van der Waals surface area contributed by atoms with Crippen LogP contribution in [0.3, 0.4) is 0 Å². The summed E-state index contributed by atoms with van der Waals surface area (Å²) in [6, 6.07) is 10.8. The third-order valence-corrected chi connectivity index (χ3v) is 2.64. The summed E-state index contributed by atoms with van der Waals surface area (Å²) in [6.07, 6.45) is 0. The van der Waals surface area contributed by atoms with Crippen molar-refractivity contribution >= 4 is 28.6 Å². The van der Waals surface area contributed by atoms with Gasteiger partial charge in [0.15, 0.2) is 11.6 Å². The number of hydrogen-bond donors (Lipinski definition) is 2. The fourth-order valence-corrected chi connectivity index (χ4v) is 1.61. The van der Waals surface area contributed by atoms with Crippen LogP contribution in [0.15, 0.2) is 42.5 Å². The van der Waals surface area contributed by atoms with E-state index in [1.807, 2.05) is 0 Å². The monoisotopic (exact) mass is 264 g/mol. The van der Waals surface area contributed by atoms with Gasteiger partial charge in [-0.25, -0.2) is 8.78 Å². The van der Waals surface area contributed by atoms with Gasteiger partial charge < -0.3 is 11.1 Å². The lowest BCUT2D eigenvalue weighted by atomic mass is 10.2. The molecule has 5 heteroatoms. The second kappa shape index (κ2) is 5.10. The van der Waals surface area contributed by atoms with Gasteiger partial charge >= 0.3 is 0 Å². The highest BCUT2D eigenvalue weighted by Gasteiger charge is 2.07. The lowest BCUT2D eigenvalue weighted by molar-refractivity contribution is 0.512. The second-order valence-corrected chi connectivity index (χ2v) is 4.11. The summed E-state index contributed by atoms with van der Waals surface area (Å²) >= 11 is 4.82. The Hall–Kier alpha value is -2.01. The highest BCUT2D eigenvalue weighted by molar-refractivity contribution is 7.80. The predicted molar refractivity (Wildman–Crippen MR) is 72.0 cm³/mol. The van der Waals surface area contributed by atoms with Crippen molar-refractivity contribution in [3.63, 3.8) is 0 Å². The average molecular weight is 264 g/mol. The average Bonchev–Trinajstić information content (AvgIpc) is 2.36. The van der Waals surface area contributed by atoms with E-state index in [9.17, 15) is 8.78 Å². The quantitative estimate of drug-likeness (QED) is 0.835. The van der Waals surface area contributed by atoms with Gasteiger partial charge in [0, 0.05) is 11.3 Å². The van der Waals surface area contributed by atoms with Crippen molar-refractivity contribution in [1.82, 2.24) is 0 Å². The number of anilines is 2. The number of thiocarbonyl (C=S) groups is 1. The van der Waals surface area contributed by atoms with Crippen LogP contribution in [-0.4, -0.2) is 4.99 Å². The van der Waals surface area contributed by atoms with Crippen LogP contribution in [0.2, 0.25) is 0 Å². The van der Waals surface area contributed by atoms with Gasteiger partial charge in [-0.3, -0.25) is 0 Å². The summed E-state index contributed by atoms with van der Waals surface area (Å²) in [6.45, 7) is 0. The van der Waals surface area contributed by atoms with Crippen molar-refractivity contribution in [2.45, 2.75) is 0 Å². The zero-order valence-corrected chi connectivity index (χ0v) is 10.1. The number of halogens is 2. The predicted octanol–water partition coefficient (Wildman–Crippen LogP) is 3.34. The van der Waals surface area contributed by atoms with E-state index in [0.29, 0.717) is 10.7 Å². The molecule has 0 saturated heterocycles. The van der Waals surface area contributed by atoms with Crippen molar-refractivity contribution in [2.24, 2.45) is 5.73 Å². The number of hydrogen-bond acceptors (Lipinski definition) is 2. The van der Waals surface area contributed by atoms with E-state index in [1.165, 1.54) is 12.1 Å². The van der Waals surface area contributed by atoms with Gasteiger partial charge in [0.1, 0.15) is 4.99 Å². The maximum Gasteiger partial charge on any atom is 0.182 e. The lowest BCUT2D eigenvalue weighted by Crippen LogP contribution is -2.08. The molecule has 0 aliphatic heterocycles. The van der Waals surface area contributed by atoms with Crippen molar-refractivity contribution in [2.75, 3.05) is 5.32 Å². The Morgan fingerprint density at radius 2 is 1.72 bits per heavy atom. The molecule has 0 amide bonds. The molecule has 2 aromatic rings. The Balaban J connectivity index is 2.24. The van der Waals surface area contributed by atoms with E-state index < -0.39 is 11.6 Å². The minimum absolute atomic E-state index is 0.0816. The number of nitrogens with two attached hydrogens (primary N) is 1. The summed E-state index contributed by atoms with van der Waals surface area (Å²) < 4.78 is 26.4. The highest BCUT2D eigenvalue weighted by atomic mass is 32.1. The zero-order chi connectivity index (χ0) is 13.1. The van der Waals surface area contributed by atoms with Crippen molar-refractivity contribution in [3.05, 3.63) is 59.7 Å². The Bertz CT molecular complexity index is 582. The van der Waals surface area contributed by atoms with Gasteiger partial charge in [0.25, 0.3) is 0 Å². The molecule has 0 aliphatic rings. The molecule has 2 nitrogen and oxygen atoms in total. The molecule has 2 rings (SSSR count). The van der Waals surface area contributed by atoms with E-state index in [4.69, 9.17) is 18.0 Å². The molecule has 0 fully saturated rings. The molecule has 0 bridgehead atoms. The minimum atomic E-state index is -0.907. The number of rotatable bonds is 3. The molecule has 0 atom stereocenters. The SMILES string of the molecule is NC(=S)c1ccc(Nc2cccc(F)c2F)cc1. The first-order valence-corrected chi connectivity index (χ1v) is 5.59. The zero-order valence-electron chi connectivity index (χ0n) is 9.28. The molecule has 0 saturated carbocycles. The molecule has 0 unspecified atom stereocenters. The highest BCUT2D eigenvalue weighted by Crippen LogP contribution is 2.21. The van der Waals surface area contributed by atoms with Crippen molar-refractivity contribution in [3.8, 4) is 0 Å². The van der Waals surface area contributed by atoms with Crippen LogP contribution in [0.5, 0.6) is 0 Å². The van der Waals surface area contributed by atoms with Crippen LogP contribution in [-0.2, 0) is 0 Å². The van der Waals surface area contributed by atoms with Crippen molar-refractivity contribution < 1.29 is 8.78 Å². The third kappa shape index (κ3) is 2.62. The molecular weight excluding hydrogens is 254 g/mol. The number of nitrogens with one attached hydrogen (secondary N) is 1. The maximum atomic E-state index is 13.4. The van der Waals surface area contributed by atoms with Crippen LogP contribution in [0, 0.1) is 11.6 Å². The van der Waals surface area contributed by atoms with Gasteiger partial charge in [0.2, 0.25) is 0 Å². The first-order chi connectivity index (χ1) is 8.58. The maximum absolute atomic E-state index is 13.4. The fraction of sp³-hybridized carbons (Fsp3) is 0. The fourth-order valence-electron chi connectivity index (χ4n) is 1.47. The molecule has 92 valence electrons. The molecule has 0 aliphatic carbocycles. The summed E-state index contributed by atoms with van der Waals surface area (Å²) in [5.41, 5.74) is 6.89. The van der Waals surface area contributed by atoms with Gasteiger partial charge in [-0.05, 0) is 36.4 Å². The molecule has 0 spiro atoms. The summed E-state index contributed by atoms with van der Waals surface area (Å²) in [4.78, 5) is 0.290. The van der Waals surface area contributed by atoms with Gasteiger partial charge in [0.05, 0.1) is 5.69 Å². The van der Waals surface area contributed by atoms with E-state index in [1.54, 1.807) is 24.3 Å². The summed E-state index contributed by atoms with van der Waals surface area (Å²) in [5.74, 6) is -1.80. The largest absolute Gasteiger partial charge is 0.389 e. The standard InChI is InChI=1S/C13H10F2N2S/c14-10-2-1-3-11(12(10)15)17-9-6-4-8(5-7-9)13(16)18/h1-7,17H,(H2,16,18). The van der Waals surface area contributed by atoms with E-state index in [2.05, 4.69) is 5.32 Å². The van der Waals surface area contributed by atoms with Crippen LogP contribution in [0.4, 0.5) is 20.2 Å². The van der Waals surface area contributed by atoms with Gasteiger partial charge in [-0.15, -0.1) is 0 Å². The normalized spacial score (nSPS) is 10.1. The molecule has 0 radical (unpaired) electrons. The Morgan fingerprint density at radius 1 is 1.06 bits per heavy atom. The van der Waals surface area contributed by atoms with Crippen LogP contribution in [0.1, 0.15) is 5.56 Å². The first kappa shape index (κ1) is 12.4. The summed E-state index contributed by atoms with van der Waals surface area (Å²) in [5, 5.41) is 2.78. The van der Waals surface area contributed by atoms with E-state index >= 15 is 0 Å². The Morgan fingerprint density at radius 3 is 2.33 bits per heavy atom. The van der Waals surface area contributed by atoms with E-state index in [0.717, 1.165) is 11.6 Å². The Kier molecular flexibility index (Phi) is 3.53. The molecular formula is C13H10F2N2S. The molecule has 18 heavy (non-hydrogen) atoms. The second-order valence-electron chi connectivity index (χ2n) is 3.67. The van der Waals surface area contributed by atoms with Gasteiger partial charge in [-0.2, -0.15) is 0 Å². The van der Waals surface area contributed by atoms with Crippen LogP contribution < -0.4 is 11.1 Å². The summed E-state index contributed by atoms with van der Waals surface area (Å²) in [7, 11) is 0. The van der Waals surface area contributed by atoms with Crippen molar-refractivity contribution in [1.29, 1.82) is 0 Å². The number of benzene rings is 2. The molecule has 0 heterocycles. The molecule has 0 aromatic heterocycles. The van der Waals surface area contributed by atoms with Gasteiger partial charge in [-0.1, -0.05) is 18.3 Å². The third-order valence-electron chi connectivity index (χ3n) is 2.40. The molecule has 2 aromatic carbocycles. The van der Waals surface area contributed by atoms with Crippen LogP contribution in [0.25, 0.3) is 0 Å². The topological polar surface area (TPSA) is 38.0 Å². The smallest absolute Gasteiger partial charge is 0.182 e. The lowest BCUT2D eigenvalue weighted by Gasteiger charge is -2.08. The first-order valence-electron chi connectivity index (χ1n) is 5.19. The molecule has 3 N–H and O–H groups in total. The van der Waals surface area contributed by atoms with E-state index in [-0.39, 0.29) is 5.69 Å².